The number of carboxylic acids is 1. The Kier molecular flexibility index (Phi) is 2.89. The van der Waals surface area contributed by atoms with Crippen LogP contribution in [-0.4, -0.2) is 57.1 Å². The monoisotopic (exact) mass is 296 g/mol. The van der Waals surface area contributed by atoms with Crippen LogP contribution in [0.2, 0.25) is 0 Å². The number of hydrogen-bond acceptors (Lipinski definition) is 5. The van der Waals surface area contributed by atoms with Crippen molar-refractivity contribution in [1.29, 1.82) is 0 Å². The van der Waals surface area contributed by atoms with Crippen molar-refractivity contribution in [3.63, 3.8) is 0 Å². The number of carboxylic acid groups (broad SMARTS) is 1. The van der Waals surface area contributed by atoms with Gasteiger partial charge in [-0.15, -0.1) is 11.8 Å². The highest BCUT2D eigenvalue weighted by molar-refractivity contribution is 8.01. The predicted octanol–water partition coefficient (Wildman–Crippen LogP) is -1.11. The number of hydrogen-bond donors (Lipinski definition) is 3. The van der Waals surface area contributed by atoms with E-state index in [9.17, 15) is 18.0 Å². The average molecular weight is 296 g/mol. The molecule has 10 heteroatoms. The van der Waals surface area contributed by atoms with Crippen LogP contribution >= 0.6 is 11.8 Å². The number of nitrogens with zero attached hydrogens (tertiary/aromatic N) is 1. The number of aliphatic carboxylic acids is 1. The number of amides is 1. The van der Waals surface area contributed by atoms with Gasteiger partial charge < -0.3 is 10.0 Å². The number of thioether (sulfide) groups is 1. The molecule has 3 unspecified atom stereocenters. The first-order valence-corrected chi connectivity index (χ1v) is 7.34. The third-order valence-corrected chi connectivity index (χ3v) is 5.07. The molecule has 2 saturated heterocycles. The van der Waals surface area contributed by atoms with Gasteiger partial charge in [-0.25, -0.2) is 4.79 Å². The zero-order valence-electron chi connectivity index (χ0n) is 9.52. The number of rotatable bonds is 3. The molecule has 2 fully saturated rings. The minimum atomic E-state index is -4.49. The molecule has 8 nitrogen and oxygen atoms in total. The maximum atomic E-state index is 11.7. The van der Waals surface area contributed by atoms with Gasteiger partial charge in [-0.05, 0) is 13.8 Å². The van der Waals surface area contributed by atoms with E-state index in [0.29, 0.717) is 0 Å². The largest absolute Gasteiger partial charge is 0.480 e. The molecular weight excluding hydrogens is 284 g/mol. The van der Waals surface area contributed by atoms with Crippen LogP contribution < -0.4 is 4.72 Å². The number of fused-ring (bicyclic) bond motifs is 1. The van der Waals surface area contributed by atoms with Crippen LogP contribution in [0.5, 0.6) is 0 Å². The second-order valence-electron chi connectivity index (χ2n) is 4.67. The zero-order chi connectivity index (χ0) is 13.9. The lowest BCUT2D eigenvalue weighted by Crippen LogP contribution is -2.70. The first kappa shape index (κ1) is 13.6. The van der Waals surface area contributed by atoms with Gasteiger partial charge in [0.15, 0.2) is 0 Å². The van der Waals surface area contributed by atoms with Gasteiger partial charge in [-0.3, -0.25) is 9.35 Å². The Hall–Kier alpha value is -0.840. The van der Waals surface area contributed by atoms with Gasteiger partial charge in [0.1, 0.15) is 17.5 Å². The van der Waals surface area contributed by atoms with Crippen molar-refractivity contribution in [2.45, 2.75) is 36.1 Å². The lowest BCUT2D eigenvalue weighted by atomic mass is 9.96. The molecule has 0 aromatic carbocycles. The zero-order valence-corrected chi connectivity index (χ0v) is 11.2. The summed E-state index contributed by atoms with van der Waals surface area (Å²) in [5.74, 6) is -1.77. The lowest BCUT2D eigenvalue weighted by Gasteiger charge is -2.42. The van der Waals surface area contributed by atoms with Crippen molar-refractivity contribution in [1.82, 2.24) is 9.62 Å². The smallest absolute Gasteiger partial charge is 0.334 e. The maximum absolute atomic E-state index is 11.7. The average Bonchev–Trinajstić information content (AvgIpc) is 2.42. The summed E-state index contributed by atoms with van der Waals surface area (Å²) < 4.78 is 31.1. The summed E-state index contributed by atoms with van der Waals surface area (Å²) in [4.78, 5) is 24.0. The number of carbonyl (C=O) groups excluding carboxylic acids is 1. The second kappa shape index (κ2) is 3.83. The minimum Gasteiger partial charge on any atom is -0.480 e. The third kappa shape index (κ3) is 1.98. The topological polar surface area (TPSA) is 124 Å². The van der Waals surface area contributed by atoms with Crippen LogP contribution in [0.3, 0.4) is 0 Å². The molecular formula is C8H12N2O6S2. The molecule has 0 aromatic rings. The van der Waals surface area contributed by atoms with Crippen molar-refractivity contribution < 1.29 is 27.7 Å². The number of nitrogens with one attached hydrogen (secondary N) is 1. The SMILES string of the molecule is CC1(C)SC2C(NS(=O)(=O)O)C(=O)N2C1C(=O)O. The van der Waals surface area contributed by atoms with Crippen molar-refractivity contribution in [2.24, 2.45) is 0 Å². The van der Waals surface area contributed by atoms with Crippen molar-refractivity contribution >= 4 is 33.9 Å². The van der Waals surface area contributed by atoms with E-state index in [-0.39, 0.29) is 0 Å². The highest BCUT2D eigenvalue weighted by Gasteiger charge is 2.64. The number of carbonyl (C=O) groups is 2. The van der Waals surface area contributed by atoms with Crippen LogP contribution in [0.1, 0.15) is 13.8 Å². The summed E-state index contributed by atoms with van der Waals surface area (Å²) in [6.45, 7) is 3.35. The fourth-order valence-corrected chi connectivity index (χ4v) is 4.54. The molecule has 3 atom stereocenters. The molecule has 0 spiro atoms. The predicted molar refractivity (Wildman–Crippen MR) is 62.2 cm³/mol. The molecule has 3 N–H and O–H groups in total. The molecule has 2 rings (SSSR count). The van der Waals surface area contributed by atoms with Crippen LogP contribution in [0, 0.1) is 0 Å². The van der Waals surface area contributed by atoms with Gasteiger partial charge >= 0.3 is 16.3 Å². The first-order chi connectivity index (χ1) is 8.04. The fourth-order valence-electron chi connectivity index (χ4n) is 2.28. The van der Waals surface area contributed by atoms with Gasteiger partial charge in [0.25, 0.3) is 0 Å². The molecule has 0 saturated carbocycles. The van der Waals surface area contributed by atoms with E-state index in [1.807, 2.05) is 0 Å². The Balaban J connectivity index is 2.24. The van der Waals surface area contributed by atoms with Gasteiger partial charge in [-0.2, -0.15) is 13.1 Å². The quantitative estimate of drug-likeness (QED) is 0.446. The van der Waals surface area contributed by atoms with Crippen molar-refractivity contribution in [3.05, 3.63) is 0 Å². The molecule has 18 heavy (non-hydrogen) atoms. The van der Waals surface area contributed by atoms with E-state index in [0.717, 1.165) is 4.90 Å². The summed E-state index contributed by atoms with van der Waals surface area (Å²) in [6, 6.07) is -2.10. The molecule has 0 aliphatic carbocycles. The summed E-state index contributed by atoms with van der Waals surface area (Å²) in [7, 11) is -4.49. The van der Waals surface area contributed by atoms with Crippen molar-refractivity contribution in [3.8, 4) is 0 Å². The third-order valence-electron chi connectivity index (χ3n) is 2.95. The van der Waals surface area contributed by atoms with Crippen LogP contribution in [0.15, 0.2) is 0 Å². The fraction of sp³-hybridized carbons (Fsp3) is 0.750. The van der Waals surface area contributed by atoms with Gasteiger partial charge in [-0.1, -0.05) is 0 Å². The van der Waals surface area contributed by atoms with Crippen LogP contribution in [0.4, 0.5) is 0 Å². The Morgan fingerprint density at radius 2 is 2.06 bits per heavy atom. The summed E-state index contributed by atoms with van der Waals surface area (Å²) in [5.41, 5.74) is 0. The van der Waals surface area contributed by atoms with E-state index in [2.05, 4.69) is 0 Å². The highest BCUT2D eigenvalue weighted by atomic mass is 32.2. The van der Waals surface area contributed by atoms with Crippen molar-refractivity contribution in [2.75, 3.05) is 0 Å². The normalized spacial score (nSPS) is 34.1. The molecule has 0 radical (unpaired) electrons. The Bertz CT molecular complexity index is 516. The van der Waals surface area contributed by atoms with Gasteiger partial charge in [0.05, 0.1) is 0 Å². The minimum absolute atomic E-state index is 0.601. The summed E-state index contributed by atoms with van der Waals surface area (Å²) >= 11 is 1.19. The summed E-state index contributed by atoms with van der Waals surface area (Å²) in [6.07, 6.45) is 0. The van der Waals surface area contributed by atoms with Crippen LogP contribution in [0.25, 0.3) is 0 Å². The molecule has 102 valence electrons. The van der Waals surface area contributed by atoms with Gasteiger partial charge in [0, 0.05) is 4.75 Å². The van der Waals surface area contributed by atoms with E-state index in [4.69, 9.17) is 9.66 Å². The highest BCUT2D eigenvalue weighted by Crippen LogP contribution is 2.50. The molecule has 2 heterocycles. The standard InChI is InChI=1S/C8H12N2O6S2/c1-8(2)4(7(12)13)10-5(11)3(6(10)17-8)9-18(14,15)16/h3-4,6,9H,1-2H3,(H,12,13)(H,14,15,16). The van der Waals surface area contributed by atoms with E-state index in [1.165, 1.54) is 11.8 Å². The lowest BCUT2D eigenvalue weighted by molar-refractivity contribution is -0.159. The molecule has 2 aliphatic rings. The first-order valence-electron chi connectivity index (χ1n) is 5.02. The Morgan fingerprint density at radius 1 is 1.50 bits per heavy atom. The van der Waals surface area contributed by atoms with E-state index < -0.39 is 44.4 Å². The number of β-lactam (4-membered cyclic amide) rings is 1. The van der Waals surface area contributed by atoms with Gasteiger partial charge in [0.2, 0.25) is 5.91 Å². The summed E-state index contributed by atoms with van der Waals surface area (Å²) in [5, 5.41) is 8.51. The van der Waals surface area contributed by atoms with E-state index >= 15 is 0 Å². The second-order valence-corrected chi connectivity index (χ2v) is 7.63. The molecule has 0 aromatic heterocycles. The maximum Gasteiger partial charge on any atom is 0.334 e. The Morgan fingerprint density at radius 3 is 2.50 bits per heavy atom. The molecule has 2 aliphatic heterocycles. The van der Waals surface area contributed by atoms with E-state index in [1.54, 1.807) is 18.6 Å². The molecule has 1 amide bonds. The molecule has 0 bridgehead atoms. The Labute approximate surface area is 108 Å². The van der Waals surface area contributed by atoms with Crippen LogP contribution in [-0.2, 0) is 19.9 Å².